The van der Waals surface area contributed by atoms with Crippen LogP contribution in [-0.2, 0) is 30.5 Å². The first kappa shape index (κ1) is 16.6. The van der Waals surface area contributed by atoms with Gasteiger partial charge in [-0.3, -0.25) is 4.79 Å². The van der Waals surface area contributed by atoms with E-state index in [2.05, 4.69) is 19.2 Å². The zero-order valence-electron chi connectivity index (χ0n) is 12.0. The Morgan fingerprint density at radius 2 is 1.81 bits per heavy atom. The van der Waals surface area contributed by atoms with Gasteiger partial charge < -0.3 is 23.5 Å². The number of aromatic nitrogens is 2. The second-order valence-corrected chi connectivity index (χ2v) is 3.77. The van der Waals surface area contributed by atoms with Crippen LogP contribution in [-0.4, -0.2) is 54.9 Å². The van der Waals surface area contributed by atoms with Crippen LogP contribution in [0.3, 0.4) is 0 Å². The number of esters is 3. The third kappa shape index (κ3) is 4.56. The molecule has 0 saturated heterocycles. The zero-order valence-corrected chi connectivity index (χ0v) is 12.0. The first-order valence-electron chi connectivity index (χ1n) is 5.94. The topological polar surface area (TPSA) is 106 Å². The third-order valence-electron chi connectivity index (χ3n) is 2.36. The van der Waals surface area contributed by atoms with E-state index >= 15 is 0 Å². The Hall–Kier alpha value is -2.42. The van der Waals surface area contributed by atoms with Gasteiger partial charge >= 0.3 is 17.9 Å². The summed E-state index contributed by atoms with van der Waals surface area (Å²) >= 11 is 0. The van der Waals surface area contributed by atoms with E-state index in [4.69, 9.17) is 4.74 Å². The molecule has 1 aromatic heterocycles. The van der Waals surface area contributed by atoms with Gasteiger partial charge in [0.2, 0.25) is 0 Å². The van der Waals surface area contributed by atoms with Crippen LogP contribution in [0.25, 0.3) is 0 Å². The first-order chi connectivity index (χ1) is 10.0. The van der Waals surface area contributed by atoms with Gasteiger partial charge in [0.15, 0.2) is 11.4 Å². The zero-order chi connectivity index (χ0) is 15.8. The molecule has 21 heavy (non-hydrogen) atoms. The molecular weight excluding hydrogens is 284 g/mol. The number of hydrogen-bond donors (Lipinski definition) is 0. The number of methoxy groups -OCH3 is 2. The van der Waals surface area contributed by atoms with Crippen LogP contribution in [0.2, 0.25) is 0 Å². The molecule has 0 aliphatic carbocycles. The lowest BCUT2D eigenvalue weighted by Gasteiger charge is -2.08. The molecule has 0 saturated carbocycles. The summed E-state index contributed by atoms with van der Waals surface area (Å²) in [5.41, 5.74) is -0.232. The number of carbonyl (C=O) groups excluding carboxylic acids is 3. The van der Waals surface area contributed by atoms with Gasteiger partial charge in [0, 0.05) is 6.92 Å². The summed E-state index contributed by atoms with van der Waals surface area (Å²) in [5, 5.41) is 0. The molecule has 0 N–H and O–H groups in total. The first-order valence-corrected chi connectivity index (χ1v) is 5.94. The van der Waals surface area contributed by atoms with Crippen molar-refractivity contribution >= 4 is 17.9 Å². The fraction of sp³-hybridized carbons (Fsp3) is 0.500. The maximum atomic E-state index is 11.7. The molecule has 0 spiro atoms. The highest BCUT2D eigenvalue weighted by Gasteiger charge is 2.25. The van der Waals surface area contributed by atoms with Gasteiger partial charge in [-0.15, -0.1) is 0 Å². The lowest BCUT2D eigenvalue weighted by atomic mass is 10.3. The second-order valence-electron chi connectivity index (χ2n) is 3.77. The standard InChI is InChI=1S/C12H16N2O7/c1-8(15)21-5-4-20-7-14-6-13-9(11(16)18-2)10(14)12(17)19-3/h6H,4-5,7H2,1-3H3. The highest BCUT2D eigenvalue weighted by molar-refractivity contribution is 6.00. The van der Waals surface area contributed by atoms with Crippen LogP contribution in [0.1, 0.15) is 27.9 Å². The van der Waals surface area contributed by atoms with E-state index in [0.29, 0.717) is 0 Å². The van der Waals surface area contributed by atoms with Gasteiger partial charge in [0.1, 0.15) is 13.3 Å². The number of hydrogen-bond acceptors (Lipinski definition) is 8. The molecule has 116 valence electrons. The van der Waals surface area contributed by atoms with E-state index < -0.39 is 17.9 Å². The van der Waals surface area contributed by atoms with E-state index in [0.717, 1.165) is 0 Å². The van der Waals surface area contributed by atoms with Gasteiger partial charge in [0.05, 0.1) is 27.2 Å². The van der Waals surface area contributed by atoms with Crippen LogP contribution in [0, 0.1) is 0 Å². The molecule has 9 nitrogen and oxygen atoms in total. The van der Waals surface area contributed by atoms with E-state index in [1.165, 1.54) is 32.0 Å². The highest BCUT2D eigenvalue weighted by Crippen LogP contribution is 2.11. The Morgan fingerprint density at radius 1 is 1.14 bits per heavy atom. The average Bonchev–Trinajstić information content (AvgIpc) is 2.88. The predicted octanol–water partition coefficient (Wildman–Crippen LogP) is -0.00650. The lowest BCUT2D eigenvalue weighted by Crippen LogP contribution is -2.17. The molecule has 0 aliphatic heterocycles. The number of rotatable bonds is 7. The molecule has 0 fully saturated rings. The van der Waals surface area contributed by atoms with E-state index in [1.54, 1.807) is 0 Å². The molecule has 1 heterocycles. The highest BCUT2D eigenvalue weighted by atomic mass is 16.6. The Labute approximate surface area is 120 Å². The van der Waals surface area contributed by atoms with Crippen molar-refractivity contribution in [1.82, 2.24) is 9.55 Å². The van der Waals surface area contributed by atoms with Crippen molar-refractivity contribution in [3.05, 3.63) is 17.7 Å². The van der Waals surface area contributed by atoms with Crippen LogP contribution in [0.4, 0.5) is 0 Å². The van der Waals surface area contributed by atoms with Crippen LogP contribution in [0.5, 0.6) is 0 Å². The summed E-state index contributed by atoms with van der Waals surface area (Å²) < 4.78 is 20.3. The summed E-state index contributed by atoms with van der Waals surface area (Å²) in [7, 11) is 2.36. The fourth-order valence-electron chi connectivity index (χ4n) is 1.44. The van der Waals surface area contributed by atoms with Crippen LogP contribution >= 0.6 is 0 Å². The van der Waals surface area contributed by atoms with Gasteiger partial charge in [0.25, 0.3) is 0 Å². The van der Waals surface area contributed by atoms with Crippen molar-refractivity contribution in [2.75, 3.05) is 27.4 Å². The smallest absolute Gasteiger partial charge is 0.359 e. The number of carbonyl (C=O) groups is 3. The van der Waals surface area contributed by atoms with Crippen molar-refractivity contribution < 1.29 is 33.3 Å². The molecule has 0 aromatic carbocycles. The number of ether oxygens (including phenoxy) is 4. The Kier molecular flexibility index (Phi) is 6.34. The normalized spacial score (nSPS) is 10.0. The van der Waals surface area contributed by atoms with Crippen molar-refractivity contribution in [1.29, 1.82) is 0 Å². The average molecular weight is 300 g/mol. The molecule has 0 unspecified atom stereocenters. The lowest BCUT2D eigenvalue weighted by molar-refractivity contribution is -0.142. The van der Waals surface area contributed by atoms with Crippen molar-refractivity contribution in [3.63, 3.8) is 0 Å². The quantitative estimate of drug-likeness (QED) is 0.393. The van der Waals surface area contributed by atoms with Gasteiger partial charge in [-0.25, -0.2) is 14.6 Å². The summed E-state index contributed by atoms with van der Waals surface area (Å²) in [6.07, 6.45) is 1.25. The number of imidazole rings is 1. The fourth-order valence-corrected chi connectivity index (χ4v) is 1.44. The van der Waals surface area contributed by atoms with Gasteiger partial charge in [-0.1, -0.05) is 0 Å². The molecule has 1 aromatic rings. The Balaban J connectivity index is 2.73. The maximum Gasteiger partial charge on any atom is 0.359 e. The van der Waals surface area contributed by atoms with E-state index in [1.807, 2.05) is 0 Å². The molecule has 0 aliphatic rings. The summed E-state index contributed by atoms with van der Waals surface area (Å²) in [6, 6.07) is 0. The number of nitrogens with zero attached hydrogens (tertiary/aromatic N) is 2. The third-order valence-corrected chi connectivity index (χ3v) is 2.36. The summed E-state index contributed by atoms with van der Waals surface area (Å²) in [5.74, 6) is -1.91. The molecule has 0 atom stereocenters. The van der Waals surface area contributed by atoms with E-state index in [-0.39, 0.29) is 31.3 Å². The largest absolute Gasteiger partial charge is 0.464 e. The minimum atomic E-state index is -0.755. The maximum absolute atomic E-state index is 11.7. The van der Waals surface area contributed by atoms with Crippen LogP contribution < -0.4 is 0 Å². The Morgan fingerprint density at radius 3 is 2.38 bits per heavy atom. The summed E-state index contributed by atoms with van der Waals surface area (Å²) in [4.78, 5) is 37.6. The monoisotopic (exact) mass is 300 g/mol. The van der Waals surface area contributed by atoms with Crippen molar-refractivity contribution in [3.8, 4) is 0 Å². The van der Waals surface area contributed by atoms with Crippen LogP contribution in [0.15, 0.2) is 6.33 Å². The molecule has 9 heteroatoms. The van der Waals surface area contributed by atoms with Gasteiger partial charge in [-0.2, -0.15) is 0 Å². The SMILES string of the molecule is COC(=O)c1ncn(COCCOC(C)=O)c1C(=O)OC. The molecule has 0 amide bonds. The predicted molar refractivity (Wildman–Crippen MR) is 67.5 cm³/mol. The van der Waals surface area contributed by atoms with E-state index in [9.17, 15) is 14.4 Å². The molecule has 0 radical (unpaired) electrons. The second kappa shape index (κ2) is 8.00. The van der Waals surface area contributed by atoms with Gasteiger partial charge in [-0.05, 0) is 0 Å². The molecule has 0 bridgehead atoms. The Bertz CT molecular complexity index is 524. The molecular formula is C12H16N2O7. The van der Waals surface area contributed by atoms with Crippen molar-refractivity contribution in [2.24, 2.45) is 0 Å². The van der Waals surface area contributed by atoms with Crippen molar-refractivity contribution in [2.45, 2.75) is 13.7 Å². The minimum absolute atomic E-state index is 0.0598. The summed E-state index contributed by atoms with van der Waals surface area (Å²) in [6.45, 7) is 1.44. The minimum Gasteiger partial charge on any atom is -0.464 e. The molecule has 1 rings (SSSR count).